The van der Waals surface area contributed by atoms with Crippen molar-refractivity contribution in [2.45, 2.75) is 13.0 Å². The van der Waals surface area contributed by atoms with E-state index in [9.17, 15) is 9.90 Å². The van der Waals surface area contributed by atoms with Gasteiger partial charge in [-0.3, -0.25) is 0 Å². The number of carbonyl (C=O) groups is 1. The molecule has 7 heteroatoms. The van der Waals surface area contributed by atoms with Gasteiger partial charge < -0.3 is 19.4 Å². The first kappa shape index (κ1) is 13.2. The second kappa shape index (κ2) is 4.77. The number of hydrogen-bond acceptors (Lipinski definition) is 5. The third kappa shape index (κ3) is 2.08. The van der Waals surface area contributed by atoms with Crippen molar-refractivity contribution in [1.82, 2.24) is 9.78 Å². The fraction of sp³-hybridized carbons (Fsp3) is 0.333. The minimum Gasteiger partial charge on any atom is -0.481 e. The molecule has 2 heterocycles. The Morgan fingerprint density at radius 1 is 1.58 bits per heavy atom. The Balaban J connectivity index is 2.53. The average Bonchev–Trinajstić information content (AvgIpc) is 2.92. The number of methoxy groups -OCH3 is 1. The van der Waals surface area contributed by atoms with E-state index in [1.54, 1.807) is 14.0 Å². The molecule has 2 aromatic heterocycles. The van der Waals surface area contributed by atoms with Gasteiger partial charge in [-0.05, 0) is 13.0 Å². The van der Waals surface area contributed by atoms with Crippen LogP contribution in [0, 0.1) is 6.92 Å². The van der Waals surface area contributed by atoms with Crippen LogP contribution in [0.5, 0.6) is 5.88 Å². The van der Waals surface area contributed by atoms with E-state index in [2.05, 4.69) is 5.10 Å². The average molecular weight is 266 g/mol. The smallest absolute Gasteiger partial charge is 0.339 e. The van der Waals surface area contributed by atoms with Crippen LogP contribution in [0.1, 0.15) is 33.5 Å². The molecule has 0 aliphatic heterocycles. The van der Waals surface area contributed by atoms with E-state index >= 15 is 0 Å². The van der Waals surface area contributed by atoms with Gasteiger partial charge in [0.05, 0.1) is 24.6 Å². The summed E-state index contributed by atoms with van der Waals surface area (Å²) < 4.78 is 11.7. The lowest BCUT2D eigenvalue weighted by molar-refractivity contribution is 0.0687. The second-order valence-electron chi connectivity index (χ2n) is 4.04. The summed E-state index contributed by atoms with van der Waals surface area (Å²) in [5.41, 5.74) is 0.847. The van der Waals surface area contributed by atoms with Gasteiger partial charge in [-0.15, -0.1) is 0 Å². The van der Waals surface area contributed by atoms with E-state index in [1.807, 2.05) is 0 Å². The van der Waals surface area contributed by atoms with E-state index < -0.39 is 12.1 Å². The Bertz CT molecular complexity index is 614. The lowest BCUT2D eigenvalue weighted by atomic mass is 10.0. The van der Waals surface area contributed by atoms with Gasteiger partial charge in [0.15, 0.2) is 5.76 Å². The number of hydrogen-bond donors (Lipinski definition) is 2. The molecule has 2 aromatic rings. The molecule has 0 aliphatic carbocycles. The third-order valence-electron chi connectivity index (χ3n) is 2.85. The van der Waals surface area contributed by atoms with Gasteiger partial charge in [0, 0.05) is 7.05 Å². The van der Waals surface area contributed by atoms with E-state index in [1.165, 1.54) is 24.1 Å². The normalized spacial score (nSPS) is 12.4. The zero-order valence-electron chi connectivity index (χ0n) is 10.7. The maximum Gasteiger partial charge on any atom is 0.339 e. The highest BCUT2D eigenvalue weighted by atomic mass is 16.5. The first-order valence-corrected chi connectivity index (χ1v) is 5.53. The van der Waals surface area contributed by atoms with E-state index in [0.717, 1.165) is 0 Å². The summed E-state index contributed by atoms with van der Waals surface area (Å²) in [5, 5.41) is 23.5. The topological polar surface area (TPSA) is 97.7 Å². The summed E-state index contributed by atoms with van der Waals surface area (Å²) in [5.74, 6) is -0.844. The standard InChI is InChI=1S/C12H14N2O5/c1-6-8(11(18-3)14(2)13-6)9(15)10-7(12(16)17)4-5-19-10/h4-5,9,15H,1-3H3,(H,16,17). The number of carboxylic acid groups (broad SMARTS) is 1. The molecule has 19 heavy (non-hydrogen) atoms. The van der Waals surface area contributed by atoms with Crippen LogP contribution in [0.4, 0.5) is 0 Å². The highest BCUT2D eigenvalue weighted by Crippen LogP contribution is 2.34. The fourth-order valence-electron chi connectivity index (χ4n) is 2.05. The molecule has 0 aliphatic rings. The van der Waals surface area contributed by atoms with Crippen molar-refractivity contribution in [3.8, 4) is 5.88 Å². The highest BCUT2D eigenvalue weighted by molar-refractivity contribution is 5.89. The van der Waals surface area contributed by atoms with Crippen LogP contribution in [0.15, 0.2) is 16.7 Å². The number of carboxylic acids is 1. The van der Waals surface area contributed by atoms with Gasteiger partial charge in [0.25, 0.3) is 0 Å². The van der Waals surface area contributed by atoms with Crippen LogP contribution in [0.25, 0.3) is 0 Å². The molecule has 2 N–H and O–H groups in total. The number of furan rings is 1. The molecule has 0 fully saturated rings. The van der Waals surface area contributed by atoms with Crippen LogP contribution in [0.2, 0.25) is 0 Å². The summed E-state index contributed by atoms with van der Waals surface area (Å²) in [6, 6.07) is 1.29. The fourth-order valence-corrected chi connectivity index (χ4v) is 2.05. The van der Waals surface area contributed by atoms with Crippen molar-refractivity contribution in [1.29, 1.82) is 0 Å². The van der Waals surface area contributed by atoms with Gasteiger partial charge in [-0.1, -0.05) is 0 Å². The first-order chi connectivity index (χ1) is 8.97. The molecule has 0 radical (unpaired) electrons. The van der Waals surface area contributed by atoms with Crippen LogP contribution < -0.4 is 4.74 Å². The molecule has 7 nitrogen and oxygen atoms in total. The number of rotatable bonds is 4. The molecule has 0 amide bonds. The minimum atomic E-state index is -1.25. The summed E-state index contributed by atoms with van der Waals surface area (Å²) in [6.07, 6.45) is -0.0232. The van der Waals surface area contributed by atoms with Crippen LogP contribution in [0.3, 0.4) is 0 Å². The molecule has 0 saturated carbocycles. The van der Waals surface area contributed by atoms with Gasteiger partial charge in [0.2, 0.25) is 5.88 Å². The molecule has 102 valence electrons. The lowest BCUT2D eigenvalue weighted by Gasteiger charge is -2.11. The molecule has 0 spiro atoms. The molecular formula is C12H14N2O5. The molecule has 0 aromatic carbocycles. The number of aryl methyl sites for hydroxylation is 2. The van der Waals surface area contributed by atoms with Crippen molar-refractivity contribution < 1.29 is 24.2 Å². The Morgan fingerprint density at radius 2 is 2.26 bits per heavy atom. The van der Waals surface area contributed by atoms with Crippen LogP contribution in [-0.2, 0) is 7.05 Å². The largest absolute Gasteiger partial charge is 0.481 e. The van der Waals surface area contributed by atoms with Gasteiger partial charge in [0.1, 0.15) is 11.7 Å². The minimum absolute atomic E-state index is 0.0399. The van der Waals surface area contributed by atoms with Gasteiger partial charge in [-0.25, -0.2) is 9.48 Å². The molecule has 1 unspecified atom stereocenters. The Morgan fingerprint density at radius 3 is 2.84 bits per heavy atom. The number of aromatic nitrogens is 2. The predicted octanol–water partition coefficient (Wildman–Crippen LogP) is 1.11. The number of aliphatic hydroxyl groups is 1. The quantitative estimate of drug-likeness (QED) is 0.860. The summed E-state index contributed by atoms with van der Waals surface area (Å²) in [7, 11) is 3.12. The maximum atomic E-state index is 11.0. The van der Waals surface area contributed by atoms with Crippen LogP contribution >= 0.6 is 0 Å². The van der Waals surface area contributed by atoms with Gasteiger partial charge in [-0.2, -0.15) is 5.10 Å². The third-order valence-corrected chi connectivity index (χ3v) is 2.85. The Kier molecular flexibility index (Phi) is 3.30. The molecular weight excluding hydrogens is 252 g/mol. The van der Waals surface area contributed by atoms with Gasteiger partial charge >= 0.3 is 5.97 Å². The summed E-state index contributed by atoms with van der Waals surface area (Å²) >= 11 is 0. The van der Waals surface area contributed by atoms with Crippen LogP contribution in [-0.4, -0.2) is 33.1 Å². The predicted molar refractivity (Wildman–Crippen MR) is 64.2 cm³/mol. The monoisotopic (exact) mass is 266 g/mol. The first-order valence-electron chi connectivity index (χ1n) is 5.53. The van der Waals surface area contributed by atoms with Crippen molar-refractivity contribution in [2.75, 3.05) is 7.11 Å². The zero-order chi connectivity index (χ0) is 14.2. The number of aliphatic hydroxyl groups excluding tert-OH is 1. The second-order valence-corrected chi connectivity index (χ2v) is 4.04. The molecule has 2 rings (SSSR count). The van der Waals surface area contributed by atoms with Crippen molar-refractivity contribution in [2.24, 2.45) is 7.05 Å². The lowest BCUT2D eigenvalue weighted by Crippen LogP contribution is -2.07. The van der Waals surface area contributed by atoms with E-state index in [4.69, 9.17) is 14.3 Å². The number of nitrogens with zero attached hydrogens (tertiary/aromatic N) is 2. The summed E-state index contributed by atoms with van der Waals surface area (Å²) in [6.45, 7) is 1.70. The zero-order valence-corrected chi connectivity index (χ0v) is 10.7. The van der Waals surface area contributed by atoms with E-state index in [0.29, 0.717) is 17.1 Å². The highest BCUT2D eigenvalue weighted by Gasteiger charge is 2.29. The molecule has 0 saturated heterocycles. The van der Waals surface area contributed by atoms with Crippen molar-refractivity contribution >= 4 is 5.97 Å². The molecule has 0 bridgehead atoms. The molecule has 1 atom stereocenters. The SMILES string of the molecule is COc1c(C(O)c2occc2C(=O)O)c(C)nn1C. The van der Waals surface area contributed by atoms with Crippen molar-refractivity contribution in [3.63, 3.8) is 0 Å². The number of ether oxygens (including phenoxy) is 1. The van der Waals surface area contributed by atoms with E-state index in [-0.39, 0.29) is 11.3 Å². The number of aromatic carboxylic acids is 1. The Hall–Kier alpha value is -2.28. The maximum absolute atomic E-state index is 11.0. The van der Waals surface area contributed by atoms with Crippen molar-refractivity contribution in [3.05, 3.63) is 34.9 Å². The Labute approximate surface area is 109 Å². The summed E-state index contributed by atoms with van der Waals surface area (Å²) in [4.78, 5) is 11.0.